The van der Waals surface area contributed by atoms with Crippen molar-refractivity contribution in [2.45, 2.75) is 0 Å². The number of carbonyl (C=O) groups excluding carboxylic acids is 3. The molecular weight excluding hydrogens is 306 g/mol. The summed E-state index contributed by atoms with van der Waals surface area (Å²) in [5.41, 5.74) is 0.229. The number of fused-ring (bicyclic) bond motifs is 1. The Balaban J connectivity index is 1.90. The molecule has 0 unspecified atom stereocenters. The average molecular weight is 316 g/mol. The maximum Gasteiger partial charge on any atom is 0.261 e. The number of nitrogens with one attached hydrogen (secondary N) is 1. The summed E-state index contributed by atoms with van der Waals surface area (Å²) in [7, 11) is 1.35. The average Bonchev–Trinajstić information content (AvgIpc) is 2.74. The molecule has 1 N–H and O–H groups in total. The molecule has 0 aliphatic carbocycles. The first-order valence-corrected chi connectivity index (χ1v) is 6.61. The quantitative estimate of drug-likeness (QED) is 0.865. The van der Waals surface area contributed by atoms with Crippen LogP contribution in [0.1, 0.15) is 31.1 Å². The van der Waals surface area contributed by atoms with Crippen LogP contribution in [0.4, 0.5) is 14.5 Å². The van der Waals surface area contributed by atoms with E-state index in [0.717, 1.165) is 17.0 Å². The molecule has 0 saturated carbocycles. The van der Waals surface area contributed by atoms with Crippen LogP contribution in [-0.4, -0.2) is 29.7 Å². The molecule has 2 aromatic rings. The van der Waals surface area contributed by atoms with E-state index in [9.17, 15) is 23.2 Å². The highest BCUT2D eigenvalue weighted by Gasteiger charge is 2.33. The van der Waals surface area contributed by atoms with E-state index in [-0.39, 0.29) is 22.4 Å². The van der Waals surface area contributed by atoms with Crippen LogP contribution >= 0.6 is 0 Å². The first kappa shape index (κ1) is 14.8. The monoisotopic (exact) mass is 316 g/mol. The molecule has 0 radical (unpaired) electrons. The molecule has 0 atom stereocenters. The molecule has 2 aromatic carbocycles. The molecule has 0 saturated heterocycles. The molecule has 1 heterocycles. The van der Waals surface area contributed by atoms with Crippen LogP contribution < -0.4 is 5.32 Å². The number of hydrogen-bond acceptors (Lipinski definition) is 3. The van der Waals surface area contributed by atoms with Crippen molar-refractivity contribution in [3.05, 3.63) is 64.7 Å². The molecule has 1 aliphatic heterocycles. The third kappa shape index (κ3) is 2.46. The third-order valence-electron chi connectivity index (χ3n) is 3.53. The highest BCUT2D eigenvalue weighted by atomic mass is 19.1. The van der Waals surface area contributed by atoms with Crippen LogP contribution in [0.15, 0.2) is 36.4 Å². The summed E-state index contributed by atoms with van der Waals surface area (Å²) in [5.74, 6) is -3.29. The molecule has 3 rings (SSSR count). The Morgan fingerprint density at radius 2 is 1.70 bits per heavy atom. The van der Waals surface area contributed by atoms with Gasteiger partial charge in [0.1, 0.15) is 11.6 Å². The first-order valence-electron chi connectivity index (χ1n) is 6.61. The van der Waals surface area contributed by atoms with E-state index in [1.165, 1.54) is 25.2 Å². The minimum absolute atomic E-state index is 0.0870. The van der Waals surface area contributed by atoms with E-state index in [1.807, 2.05) is 0 Å². The van der Waals surface area contributed by atoms with Gasteiger partial charge in [0.2, 0.25) is 0 Å². The van der Waals surface area contributed by atoms with Gasteiger partial charge < -0.3 is 5.32 Å². The number of rotatable bonds is 2. The summed E-state index contributed by atoms with van der Waals surface area (Å²) in [6.07, 6.45) is 0. The lowest BCUT2D eigenvalue weighted by molar-refractivity contribution is 0.0693. The Hall–Kier alpha value is -3.09. The van der Waals surface area contributed by atoms with Crippen molar-refractivity contribution >= 4 is 23.4 Å². The fourth-order valence-corrected chi connectivity index (χ4v) is 2.29. The van der Waals surface area contributed by atoms with E-state index in [1.54, 1.807) is 0 Å². The number of carbonyl (C=O) groups is 3. The fraction of sp³-hybridized carbons (Fsp3) is 0.0625. The van der Waals surface area contributed by atoms with Gasteiger partial charge in [0.05, 0.1) is 16.8 Å². The Morgan fingerprint density at radius 1 is 1.00 bits per heavy atom. The second kappa shape index (κ2) is 5.28. The molecule has 116 valence electrons. The smallest absolute Gasteiger partial charge is 0.261 e. The molecule has 0 spiro atoms. The Labute approximate surface area is 129 Å². The molecule has 0 bridgehead atoms. The highest BCUT2D eigenvalue weighted by Crippen LogP contribution is 2.23. The van der Waals surface area contributed by atoms with Crippen molar-refractivity contribution in [1.29, 1.82) is 0 Å². The summed E-state index contributed by atoms with van der Waals surface area (Å²) in [6.45, 7) is 0. The normalized spacial score (nSPS) is 13.3. The number of halogens is 2. The molecule has 1 aliphatic rings. The molecule has 23 heavy (non-hydrogen) atoms. The van der Waals surface area contributed by atoms with E-state index >= 15 is 0 Å². The van der Waals surface area contributed by atoms with Gasteiger partial charge in [-0.1, -0.05) is 0 Å². The maximum absolute atomic E-state index is 13.6. The number of nitrogens with zero attached hydrogens (tertiary/aromatic N) is 1. The number of benzene rings is 2. The van der Waals surface area contributed by atoms with Crippen LogP contribution in [0.3, 0.4) is 0 Å². The Morgan fingerprint density at radius 3 is 2.39 bits per heavy atom. The zero-order valence-electron chi connectivity index (χ0n) is 11.9. The zero-order valence-corrected chi connectivity index (χ0v) is 11.9. The van der Waals surface area contributed by atoms with E-state index in [0.29, 0.717) is 6.07 Å². The van der Waals surface area contributed by atoms with Gasteiger partial charge in [-0.2, -0.15) is 0 Å². The molecule has 0 fully saturated rings. The highest BCUT2D eigenvalue weighted by molar-refractivity contribution is 6.22. The molecule has 7 heteroatoms. The fourth-order valence-electron chi connectivity index (χ4n) is 2.29. The van der Waals surface area contributed by atoms with Gasteiger partial charge in [0, 0.05) is 18.7 Å². The van der Waals surface area contributed by atoms with Crippen LogP contribution in [0, 0.1) is 11.6 Å². The number of imide groups is 1. The number of hydrogen-bond donors (Lipinski definition) is 1. The van der Waals surface area contributed by atoms with Crippen molar-refractivity contribution in [2.75, 3.05) is 12.4 Å². The minimum atomic E-state index is -0.912. The SMILES string of the molecule is CN1C(=O)c2ccc(C(=O)Nc3ccc(F)cc3F)cc2C1=O. The summed E-state index contributed by atoms with van der Waals surface area (Å²) in [5, 5.41) is 2.29. The van der Waals surface area contributed by atoms with Crippen molar-refractivity contribution in [3.8, 4) is 0 Å². The summed E-state index contributed by atoms with van der Waals surface area (Å²) in [6, 6.07) is 6.76. The largest absolute Gasteiger partial charge is 0.319 e. The van der Waals surface area contributed by atoms with E-state index in [2.05, 4.69) is 5.32 Å². The van der Waals surface area contributed by atoms with Crippen molar-refractivity contribution in [3.63, 3.8) is 0 Å². The number of amides is 3. The van der Waals surface area contributed by atoms with Crippen LogP contribution in [0.2, 0.25) is 0 Å². The Bertz CT molecular complexity index is 864. The second-order valence-electron chi connectivity index (χ2n) is 5.01. The zero-order chi connectivity index (χ0) is 16.7. The van der Waals surface area contributed by atoms with Crippen LogP contribution in [-0.2, 0) is 0 Å². The standard InChI is InChI=1S/C16H10F2N2O3/c1-20-15(22)10-4-2-8(6-11(10)16(20)23)14(21)19-13-5-3-9(17)7-12(13)18/h2-7H,1H3,(H,19,21). The molecular formula is C16H10F2N2O3. The molecule has 5 nitrogen and oxygen atoms in total. The van der Waals surface area contributed by atoms with Gasteiger partial charge in [-0.15, -0.1) is 0 Å². The van der Waals surface area contributed by atoms with Crippen LogP contribution in [0.5, 0.6) is 0 Å². The van der Waals surface area contributed by atoms with Gasteiger partial charge in [0.25, 0.3) is 17.7 Å². The van der Waals surface area contributed by atoms with E-state index in [4.69, 9.17) is 0 Å². The van der Waals surface area contributed by atoms with Crippen molar-refractivity contribution < 1.29 is 23.2 Å². The Kier molecular flexibility index (Phi) is 3.40. The van der Waals surface area contributed by atoms with Gasteiger partial charge in [-0.05, 0) is 30.3 Å². The minimum Gasteiger partial charge on any atom is -0.319 e. The summed E-state index contributed by atoms with van der Waals surface area (Å²) >= 11 is 0. The van der Waals surface area contributed by atoms with Gasteiger partial charge in [-0.25, -0.2) is 8.78 Å². The lowest BCUT2D eigenvalue weighted by Gasteiger charge is -2.07. The second-order valence-corrected chi connectivity index (χ2v) is 5.01. The lowest BCUT2D eigenvalue weighted by atomic mass is 10.1. The number of anilines is 1. The van der Waals surface area contributed by atoms with Crippen molar-refractivity contribution in [2.24, 2.45) is 0 Å². The molecule has 3 amide bonds. The maximum atomic E-state index is 13.6. The predicted octanol–water partition coefficient (Wildman–Crippen LogP) is 2.44. The van der Waals surface area contributed by atoms with E-state index < -0.39 is 29.4 Å². The summed E-state index contributed by atoms with van der Waals surface area (Å²) in [4.78, 5) is 36.8. The summed E-state index contributed by atoms with van der Waals surface area (Å²) < 4.78 is 26.4. The van der Waals surface area contributed by atoms with Crippen LogP contribution in [0.25, 0.3) is 0 Å². The lowest BCUT2D eigenvalue weighted by Crippen LogP contribution is -2.24. The first-order chi connectivity index (χ1) is 10.9. The van der Waals surface area contributed by atoms with Gasteiger partial charge in [0.15, 0.2) is 0 Å². The third-order valence-corrected chi connectivity index (χ3v) is 3.53. The topological polar surface area (TPSA) is 66.5 Å². The molecule has 0 aromatic heterocycles. The van der Waals surface area contributed by atoms with Gasteiger partial charge in [-0.3, -0.25) is 19.3 Å². The van der Waals surface area contributed by atoms with Crippen molar-refractivity contribution in [1.82, 2.24) is 4.90 Å². The van der Waals surface area contributed by atoms with Gasteiger partial charge >= 0.3 is 0 Å². The predicted molar refractivity (Wildman–Crippen MR) is 77.2 cm³/mol.